The largest absolute Gasteiger partial charge is 0.389 e. The summed E-state index contributed by atoms with van der Waals surface area (Å²) >= 11 is 0. The molecule has 0 radical (unpaired) electrons. The molecule has 23 heavy (non-hydrogen) atoms. The Morgan fingerprint density at radius 3 is 2.70 bits per heavy atom. The van der Waals surface area contributed by atoms with Gasteiger partial charge in [0.05, 0.1) is 11.2 Å². The van der Waals surface area contributed by atoms with Crippen LogP contribution in [0.15, 0.2) is 23.1 Å². The molecule has 1 saturated carbocycles. The van der Waals surface area contributed by atoms with Gasteiger partial charge in [0.15, 0.2) is 5.65 Å². The third kappa shape index (κ3) is 2.35. The van der Waals surface area contributed by atoms with Crippen LogP contribution in [-0.2, 0) is 0 Å². The van der Waals surface area contributed by atoms with E-state index in [0.29, 0.717) is 43.1 Å². The highest BCUT2D eigenvalue weighted by molar-refractivity contribution is 5.94. The van der Waals surface area contributed by atoms with Gasteiger partial charge in [0, 0.05) is 19.3 Å². The van der Waals surface area contributed by atoms with Crippen LogP contribution in [0.4, 0.5) is 0 Å². The summed E-state index contributed by atoms with van der Waals surface area (Å²) < 4.78 is 1.34. The number of likely N-dealkylation sites (tertiary alicyclic amines) is 1. The third-order valence-electron chi connectivity index (χ3n) is 5.44. The summed E-state index contributed by atoms with van der Waals surface area (Å²) in [6.45, 7) is 1.12. The lowest BCUT2D eigenvalue weighted by atomic mass is 9.69. The van der Waals surface area contributed by atoms with Gasteiger partial charge in [-0.2, -0.15) is 5.10 Å². The summed E-state index contributed by atoms with van der Waals surface area (Å²) in [7, 11) is 0. The van der Waals surface area contributed by atoms with Gasteiger partial charge >= 0.3 is 5.69 Å². The van der Waals surface area contributed by atoms with Crippen LogP contribution < -0.4 is 5.69 Å². The van der Waals surface area contributed by atoms with E-state index >= 15 is 0 Å². The van der Waals surface area contributed by atoms with Crippen LogP contribution in [-0.4, -0.2) is 49.2 Å². The molecule has 1 aliphatic carbocycles. The standard InChI is InChI=1S/C16H20N4O3/c21-14(11-4-5-13-17-18-15(22)20(13)10-11)19-8-6-16(23,7-9-19)12-2-1-3-12/h4-5,10,12,23H,1-3,6-9H2,(H,18,22). The van der Waals surface area contributed by atoms with E-state index in [2.05, 4.69) is 10.2 Å². The van der Waals surface area contributed by atoms with Gasteiger partial charge in [0.1, 0.15) is 0 Å². The smallest absolute Gasteiger partial charge is 0.347 e. The van der Waals surface area contributed by atoms with Crippen molar-refractivity contribution in [2.45, 2.75) is 37.7 Å². The highest BCUT2D eigenvalue weighted by Crippen LogP contribution is 2.41. The molecule has 4 rings (SSSR count). The van der Waals surface area contributed by atoms with E-state index in [1.165, 1.54) is 17.0 Å². The van der Waals surface area contributed by atoms with Crippen LogP contribution in [0, 0.1) is 5.92 Å². The predicted molar refractivity (Wildman–Crippen MR) is 83.2 cm³/mol. The number of nitrogens with zero attached hydrogens (tertiary/aromatic N) is 3. The summed E-state index contributed by atoms with van der Waals surface area (Å²) in [5, 5.41) is 16.9. The molecule has 2 fully saturated rings. The Balaban J connectivity index is 1.50. The van der Waals surface area contributed by atoms with Gasteiger partial charge in [-0.25, -0.2) is 14.3 Å². The topological polar surface area (TPSA) is 90.7 Å². The molecular formula is C16H20N4O3. The maximum absolute atomic E-state index is 12.6. The lowest BCUT2D eigenvalue weighted by molar-refractivity contribution is -0.0861. The van der Waals surface area contributed by atoms with Crippen molar-refractivity contribution in [3.05, 3.63) is 34.4 Å². The van der Waals surface area contributed by atoms with Crippen molar-refractivity contribution in [3.8, 4) is 0 Å². The summed E-state index contributed by atoms with van der Waals surface area (Å²) in [6, 6.07) is 3.34. The molecule has 1 amide bonds. The Labute approximate surface area is 132 Å². The zero-order chi connectivity index (χ0) is 16.0. The molecule has 0 atom stereocenters. The number of amides is 1. The van der Waals surface area contributed by atoms with Crippen molar-refractivity contribution in [3.63, 3.8) is 0 Å². The molecule has 0 bridgehead atoms. The Hall–Kier alpha value is -2.15. The second-order valence-electron chi connectivity index (χ2n) is 6.70. The SMILES string of the molecule is O=C(c1ccc2n[nH]c(=O)n2c1)N1CCC(O)(C2CCC2)CC1. The number of carbonyl (C=O) groups is 1. The average Bonchev–Trinajstić information content (AvgIpc) is 2.86. The van der Waals surface area contributed by atoms with Gasteiger partial charge in [0.25, 0.3) is 5.91 Å². The highest BCUT2D eigenvalue weighted by Gasteiger charge is 2.43. The Kier molecular flexibility index (Phi) is 3.26. The number of nitrogens with one attached hydrogen (secondary N) is 1. The predicted octanol–water partition coefficient (Wildman–Crippen LogP) is 0.790. The van der Waals surface area contributed by atoms with E-state index in [9.17, 15) is 14.7 Å². The zero-order valence-corrected chi connectivity index (χ0v) is 12.9. The number of H-pyrrole nitrogens is 1. The molecule has 2 aliphatic rings. The van der Waals surface area contributed by atoms with Gasteiger partial charge in [-0.05, 0) is 43.7 Å². The monoisotopic (exact) mass is 316 g/mol. The van der Waals surface area contributed by atoms with Gasteiger partial charge in [0.2, 0.25) is 0 Å². The minimum absolute atomic E-state index is 0.101. The fourth-order valence-corrected chi connectivity index (χ4v) is 3.67. The molecule has 1 saturated heterocycles. The minimum atomic E-state index is -0.597. The van der Waals surface area contributed by atoms with Crippen molar-refractivity contribution in [2.24, 2.45) is 5.92 Å². The second-order valence-corrected chi connectivity index (χ2v) is 6.70. The number of hydrogen-bond acceptors (Lipinski definition) is 4. The van der Waals surface area contributed by atoms with Crippen molar-refractivity contribution < 1.29 is 9.90 Å². The normalized spacial score (nSPS) is 21.3. The lowest BCUT2D eigenvalue weighted by Crippen LogP contribution is -2.52. The van der Waals surface area contributed by atoms with Crippen LogP contribution in [0.2, 0.25) is 0 Å². The van der Waals surface area contributed by atoms with E-state index in [4.69, 9.17) is 0 Å². The number of fused-ring (bicyclic) bond motifs is 1. The Bertz CT molecular complexity index is 797. The molecule has 122 valence electrons. The molecule has 3 heterocycles. The molecule has 0 aromatic carbocycles. The van der Waals surface area contributed by atoms with Gasteiger partial charge in [-0.15, -0.1) is 0 Å². The van der Waals surface area contributed by atoms with Gasteiger partial charge in [-0.1, -0.05) is 6.42 Å². The van der Waals surface area contributed by atoms with Crippen LogP contribution in [0.3, 0.4) is 0 Å². The van der Waals surface area contributed by atoms with Crippen LogP contribution >= 0.6 is 0 Å². The zero-order valence-electron chi connectivity index (χ0n) is 12.9. The number of piperidine rings is 1. The average molecular weight is 316 g/mol. The number of aromatic amines is 1. The van der Waals surface area contributed by atoms with Gasteiger partial charge < -0.3 is 10.0 Å². The number of aliphatic hydroxyl groups is 1. The molecule has 0 spiro atoms. The van der Waals surface area contributed by atoms with E-state index in [1.807, 2.05) is 0 Å². The molecule has 2 aromatic heterocycles. The lowest BCUT2D eigenvalue weighted by Gasteiger charge is -2.46. The highest BCUT2D eigenvalue weighted by atomic mass is 16.3. The van der Waals surface area contributed by atoms with E-state index < -0.39 is 5.60 Å². The van der Waals surface area contributed by atoms with Crippen LogP contribution in [0.1, 0.15) is 42.5 Å². The molecule has 7 heteroatoms. The molecular weight excluding hydrogens is 296 g/mol. The molecule has 0 unspecified atom stereocenters. The Morgan fingerprint density at radius 2 is 2.04 bits per heavy atom. The number of pyridine rings is 1. The van der Waals surface area contributed by atoms with Crippen LogP contribution in [0.5, 0.6) is 0 Å². The van der Waals surface area contributed by atoms with Crippen molar-refractivity contribution >= 4 is 11.6 Å². The quantitative estimate of drug-likeness (QED) is 0.857. The summed E-state index contributed by atoms with van der Waals surface area (Å²) in [5.41, 5.74) is 0.00723. The molecule has 7 nitrogen and oxygen atoms in total. The summed E-state index contributed by atoms with van der Waals surface area (Å²) in [4.78, 5) is 26.0. The third-order valence-corrected chi connectivity index (χ3v) is 5.44. The first-order chi connectivity index (χ1) is 11.1. The molecule has 2 N–H and O–H groups in total. The maximum Gasteiger partial charge on any atom is 0.347 e. The summed E-state index contributed by atoms with van der Waals surface area (Å²) in [5.74, 6) is 0.302. The van der Waals surface area contributed by atoms with E-state index in [-0.39, 0.29) is 11.6 Å². The van der Waals surface area contributed by atoms with Crippen molar-refractivity contribution in [2.75, 3.05) is 13.1 Å². The second kappa shape index (κ2) is 5.19. The number of rotatable bonds is 2. The van der Waals surface area contributed by atoms with Crippen LogP contribution in [0.25, 0.3) is 5.65 Å². The fourth-order valence-electron chi connectivity index (χ4n) is 3.67. The molecule has 2 aromatic rings. The van der Waals surface area contributed by atoms with Crippen molar-refractivity contribution in [1.29, 1.82) is 0 Å². The van der Waals surface area contributed by atoms with Crippen molar-refractivity contribution in [1.82, 2.24) is 19.5 Å². The first-order valence-electron chi connectivity index (χ1n) is 8.15. The fraction of sp³-hybridized carbons (Fsp3) is 0.562. The number of hydrogen-bond donors (Lipinski definition) is 2. The first-order valence-corrected chi connectivity index (χ1v) is 8.15. The first kappa shape index (κ1) is 14.4. The summed E-state index contributed by atoms with van der Waals surface area (Å²) in [6.07, 6.45) is 6.20. The molecule has 1 aliphatic heterocycles. The maximum atomic E-state index is 12.6. The minimum Gasteiger partial charge on any atom is -0.389 e. The van der Waals surface area contributed by atoms with Gasteiger partial charge in [-0.3, -0.25) is 4.79 Å². The Morgan fingerprint density at radius 1 is 1.30 bits per heavy atom. The van der Waals surface area contributed by atoms with E-state index in [0.717, 1.165) is 12.8 Å². The van der Waals surface area contributed by atoms with E-state index in [1.54, 1.807) is 17.0 Å². The number of carbonyl (C=O) groups excluding carboxylic acids is 1. The number of aromatic nitrogens is 3.